The van der Waals surface area contributed by atoms with Gasteiger partial charge < -0.3 is 15.6 Å². The molecule has 2 heterocycles. The van der Waals surface area contributed by atoms with Gasteiger partial charge in [0.1, 0.15) is 18.0 Å². The molecule has 1 saturated heterocycles. The molecule has 0 bridgehead atoms. The van der Waals surface area contributed by atoms with E-state index in [1.165, 1.54) is 12.1 Å². The van der Waals surface area contributed by atoms with Gasteiger partial charge in [0.25, 0.3) is 0 Å². The number of hydrogen-bond donors (Lipinski definition) is 2. The van der Waals surface area contributed by atoms with Crippen molar-refractivity contribution >= 4 is 6.09 Å². The second-order valence-electron chi connectivity index (χ2n) is 8.83. The topological polar surface area (TPSA) is 88.7 Å². The molecule has 1 fully saturated rings. The Bertz CT molecular complexity index is 1140. The average Bonchev–Trinajstić information content (AvgIpc) is 2.82. The van der Waals surface area contributed by atoms with Crippen LogP contribution in [0.15, 0.2) is 66.7 Å². The lowest BCUT2D eigenvalue weighted by Gasteiger charge is -2.50. The van der Waals surface area contributed by atoms with Crippen LogP contribution in [0.5, 0.6) is 0 Å². The molecule has 1 unspecified atom stereocenters. The lowest BCUT2D eigenvalue weighted by atomic mass is 9.79. The number of likely N-dealkylation sites (tertiary alicyclic amines) is 1. The van der Waals surface area contributed by atoms with E-state index in [9.17, 15) is 14.3 Å². The van der Waals surface area contributed by atoms with Crippen molar-refractivity contribution in [2.45, 2.75) is 38.0 Å². The minimum Gasteiger partial charge on any atom is -0.445 e. The molecule has 0 radical (unpaired) electrons. The maximum Gasteiger partial charge on any atom is 0.410 e. The highest BCUT2D eigenvalue weighted by molar-refractivity contribution is 5.71. The molecule has 0 spiro atoms. The minimum atomic E-state index is -1.36. The monoisotopic (exact) mass is 449 g/mol. The minimum absolute atomic E-state index is 0.0220. The standard InChI is InChI=1S/C26H28FN3O3/c1-25(12-13-30(25)24(31)33-16-18-6-4-3-5-7-18)20-14-22(19-8-10-21(27)11-9-19)29-23(15-20)26(2,32)17-28/h3-11,14-15,32H,12-13,16-17,28H2,1-2H3/t25-,26?/m0/s1. The third-order valence-electron chi connectivity index (χ3n) is 6.38. The number of halogens is 1. The highest BCUT2D eigenvalue weighted by atomic mass is 19.1. The number of pyridine rings is 1. The van der Waals surface area contributed by atoms with E-state index in [0.717, 1.165) is 17.5 Å². The number of aromatic nitrogens is 1. The van der Waals surface area contributed by atoms with Crippen molar-refractivity contribution < 1.29 is 19.0 Å². The number of benzene rings is 2. The number of carbonyl (C=O) groups excluding carboxylic acids is 1. The van der Waals surface area contributed by atoms with Crippen molar-refractivity contribution in [2.24, 2.45) is 5.73 Å². The normalized spacial score (nSPS) is 19.5. The van der Waals surface area contributed by atoms with E-state index in [0.29, 0.717) is 23.5 Å². The number of hydrogen-bond acceptors (Lipinski definition) is 5. The summed E-state index contributed by atoms with van der Waals surface area (Å²) in [5.41, 5.74) is 7.20. The molecule has 3 aromatic rings. The fourth-order valence-electron chi connectivity index (χ4n) is 3.94. The molecule has 172 valence electrons. The summed E-state index contributed by atoms with van der Waals surface area (Å²) in [5, 5.41) is 10.8. The Morgan fingerprint density at radius 2 is 1.91 bits per heavy atom. The van der Waals surface area contributed by atoms with Crippen LogP contribution < -0.4 is 5.73 Å². The van der Waals surface area contributed by atoms with Gasteiger partial charge in [-0.15, -0.1) is 0 Å². The summed E-state index contributed by atoms with van der Waals surface area (Å²) < 4.78 is 19.0. The second kappa shape index (κ2) is 8.92. The molecule has 0 aliphatic carbocycles. The van der Waals surface area contributed by atoms with E-state index in [-0.39, 0.29) is 19.0 Å². The molecule has 2 aromatic carbocycles. The van der Waals surface area contributed by atoms with Crippen LogP contribution in [0.1, 0.15) is 37.1 Å². The van der Waals surface area contributed by atoms with Crippen molar-refractivity contribution in [3.63, 3.8) is 0 Å². The van der Waals surface area contributed by atoms with Crippen LogP contribution in [0.2, 0.25) is 0 Å². The zero-order valence-electron chi connectivity index (χ0n) is 18.8. The van der Waals surface area contributed by atoms with Crippen LogP contribution in [0, 0.1) is 5.82 Å². The summed E-state index contributed by atoms with van der Waals surface area (Å²) in [4.78, 5) is 19.2. The fraction of sp³-hybridized carbons (Fsp3) is 0.308. The quantitative estimate of drug-likeness (QED) is 0.585. The lowest BCUT2D eigenvalue weighted by Crippen LogP contribution is -2.58. The molecular formula is C26H28FN3O3. The Morgan fingerprint density at radius 1 is 1.21 bits per heavy atom. The van der Waals surface area contributed by atoms with Crippen LogP contribution in [0.3, 0.4) is 0 Å². The molecule has 33 heavy (non-hydrogen) atoms. The van der Waals surface area contributed by atoms with Crippen molar-refractivity contribution in [2.75, 3.05) is 13.1 Å². The van der Waals surface area contributed by atoms with E-state index in [1.807, 2.05) is 43.3 Å². The third-order valence-corrected chi connectivity index (χ3v) is 6.38. The number of nitrogens with zero attached hydrogens (tertiary/aromatic N) is 2. The Labute approximate surface area is 192 Å². The Kier molecular flexibility index (Phi) is 6.19. The summed E-state index contributed by atoms with van der Waals surface area (Å²) in [6, 6.07) is 19.2. The van der Waals surface area contributed by atoms with Crippen LogP contribution in [-0.2, 0) is 22.5 Å². The molecule has 1 aromatic heterocycles. The van der Waals surface area contributed by atoms with Crippen LogP contribution >= 0.6 is 0 Å². The number of amides is 1. The Hall–Kier alpha value is -3.29. The maximum absolute atomic E-state index is 13.5. The molecule has 4 rings (SSSR count). The summed E-state index contributed by atoms with van der Waals surface area (Å²) in [7, 11) is 0. The number of carbonyl (C=O) groups is 1. The zero-order valence-corrected chi connectivity index (χ0v) is 18.8. The van der Waals surface area contributed by atoms with E-state index >= 15 is 0 Å². The van der Waals surface area contributed by atoms with Crippen molar-refractivity contribution in [1.82, 2.24) is 9.88 Å². The van der Waals surface area contributed by atoms with Crippen LogP contribution in [0.25, 0.3) is 11.3 Å². The van der Waals surface area contributed by atoms with Gasteiger partial charge in [-0.1, -0.05) is 30.3 Å². The molecular weight excluding hydrogens is 421 g/mol. The average molecular weight is 450 g/mol. The second-order valence-corrected chi connectivity index (χ2v) is 8.83. The van der Waals surface area contributed by atoms with Crippen LogP contribution in [0.4, 0.5) is 9.18 Å². The first-order chi connectivity index (χ1) is 15.7. The molecule has 1 aliphatic heterocycles. The highest BCUT2D eigenvalue weighted by Gasteiger charge is 2.46. The summed E-state index contributed by atoms with van der Waals surface area (Å²) in [5.74, 6) is -0.345. The van der Waals surface area contributed by atoms with Crippen molar-refractivity contribution in [3.8, 4) is 11.3 Å². The molecule has 0 saturated carbocycles. The van der Waals surface area contributed by atoms with Gasteiger partial charge in [0.2, 0.25) is 0 Å². The van der Waals surface area contributed by atoms with Gasteiger partial charge in [-0.25, -0.2) is 14.2 Å². The van der Waals surface area contributed by atoms with E-state index < -0.39 is 17.2 Å². The summed E-state index contributed by atoms with van der Waals surface area (Å²) in [6.07, 6.45) is 0.324. The van der Waals surface area contributed by atoms with E-state index in [4.69, 9.17) is 10.5 Å². The molecule has 2 atom stereocenters. The van der Waals surface area contributed by atoms with Gasteiger partial charge in [0.15, 0.2) is 0 Å². The van der Waals surface area contributed by atoms with Crippen molar-refractivity contribution in [3.05, 3.63) is 89.4 Å². The number of rotatable bonds is 6. The Balaban J connectivity index is 1.66. The van der Waals surface area contributed by atoms with E-state index in [1.54, 1.807) is 30.0 Å². The maximum atomic E-state index is 13.5. The lowest BCUT2D eigenvalue weighted by molar-refractivity contribution is -0.0101. The molecule has 3 N–H and O–H groups in total. The predicted octanol–water partition coefficient (Wildman–Crippen LogP) is 4.31. The fourth-order valence-corrected chi connectivity index (χ4v) is 3.94. The Morgan fingerprint density at radius 3 is 2.52 bits per heavy atom. The zero-order chi connectivity index (χ0) is 23.6. The van der Waals surface area contributed by atoms with Gasteiger partial charge >= 0.3 is 6.09 Å². The number of nitrogens with two attached hydrogens (primary N) is 1. The highest BCUT2D eigenvalue weighted by Crippen LogP contribution is 2.42. The van der Waals surface area contributed by atoms with Gasteiger partial charge in [0.05, 0.1) is 16.9 Å². The first kappa shape index (κ1) is 22.9. The smallest absolute Gasteiger partial charge is 0.410 e. The predicted molar refractivity (Wildman–Crippen MR) is 124 cm³/mol. The summed E-state index contributed by atoms with van der Waals surface area (Å²) in [6.45, 7) is 4.29. The molecule has 6 nitrogen and oxygen atoms in total. The first-order valence-electron chi connectivity index (χ1n) is 10.9. The number of ether oxygens (including phenoxy) is 1. The largest absolute Gasteiger partial charge is 0.445 e. The molecule has 1 amide bonds. The summed E-state index contributed by atoms with van der Waals surface area (Å²) >= 11 is 0. The van der Waals surface area contributed by atoms with E-state index in [2.05, 4.69) is 4.98 Å². The van der Waals surface area contributed by atoms with Gasteiger partial charge in [0, 0.05) is 18.7 Å². The van der Waals surface area contributed by atoms with Gasteiger partial charge in [-0.3, -0.25) is 4.90 Å². The van der Waals surface area contributed by atoms with Gasteiger partial charge in [-0.05, 0) is 67.8 Å². The third kappa shape index (κ3) is 4.60. The van der Waals surface area contributed by atoms with Gasteiger partial charge in [-0.2, -0.15) is 0 Å². The molecule has 7 heteroatoms. The van der Waals surface area contributed by atoms with Crippen LogP contribution in [-0.4, -0.2) is 34.2 Å². The number of aliphatic hydroxyl groups is 1. The SMILES string of the molecule is CC(O)(CN)c1cc([C@]2(C)CCN2C(=O)OCc2ccccc2)cc(-c2ccc(F)cc2)n1. The van der Waals surface area contributed by atoms with Crippen molar-refractivity contribution in [1.29, 1.82) is 0 Å². The first-order valence-corrected chi connectivity index (χ1v) is 10.9. The molecule has 1 aliphatic rings.